The second-order valence-electron chi connectivity index (χ2n) is 24.5. The Morgan fingerprint density at radius 3 is 0.772 bits per heavy atom. The highest BCUT2D eigenvalue weighted by atomic mass is 31.2. The summed E-state index contributed by atoms with van der Waals surface area (Å²) in [5.74, 6) is -0.797. The first-order valence-electron chi connectivity index (χ1n) is 35.5. The van der Waals surface area contributed by atoms with Crippen molar-refractivity contribution >= 4 is 19.8 Å². The Balaban J connectivity index is 3.79. The molecule has 3 N–H and O–H groups in total. The molecular weight excluding hydrogens is 1000 g/mol. The summed E-state index contributed by atoms with van der Waals surface area (Å²) in [4.78, 5) is 35.4. The lowest BCUT2D eigenvalue weighted by molar-refractivity contribution is -0.161. The average molecular weight is 1140 g/mol. The molecule has 9 nitrogen and oxygen atoms in total. The van der Waals surface area contributed by atoms with Gasteiger partial charge in [-0.1, -0.05) is 373 Å². The fourth-order valence-electron chi connectivity index (χ4n) is 11.2. The van der Waals surface area contributed by atoms with Crippen LogP contribution in [0.1, 0.15) is 399 Å². The Hall–Kier alpha value is -0.990. The van der Waals surface area contributed by atoms with E-state index in [-0.39, 0.29) is 32.1 Å². The molecule has 2 atom stereocenters. The van der Waals surface area contributed by atoms with Crippen molar-refractivity contribution < 1.29 is 37.6 Å². The Kier molecular flexibility index (Phi) is 65.3. The molecule has 0 aliphatic heterocycles. The predicted molar refractivity (Wildman–Crippen MR) is 340 cm³/mol. The molecule has 0 aromatic heterocycles. The molecule has 0 saturated carbocycles. The maximum atomic E-state index is 12.8. The van der Waals surface area contributed by atoms with Crippen molar-refractivity contribution in [3.8, 4) is 0 Å². The number of unbranched alkanes of at least 4 members (excludes halogenated alkanes) is 56. The summed E-state index contributed by atoms with van der Waals surface area (Å²) in [6, 6.07) is 0. The number of phosphoric acid groups is 1. The van der Waals surface area contributed by atoms with Gasteiger partial charge in [0.25, 0.3) is 0 Å². The van der Waals surface area contributed by atoms with Gasteiger partial charge in [0.05, 0.1) is 13.2 Å². The largest absolute Gasteiger partial charge is 0.472 e. The minimum absolute atomic E-state index is 0.0589. The van der Waals surface area contributed by atoms with Crippen molar-refractivity contribution in [3.63, 3.8) is 0 Å². The summed E-state index contributed by atoms with van der Waals surface area (Å²) in [6.07, 6.45) is 77.8. The minimum atomic E-state index is -4.39. The van der Waals surface area contributed by atoms with Crippen LogP contribution in [0.5, 0.6) is 0 Å². The fourth-order valence-corrected chi connectivity index (χ4v) is 12.0. The zero-order chi connectivity index (χ0) is 57.3. The Morgan fingerprint density at radius 2 is 0.544 bits per heavy atom. The van der Waals surface area contributed by atoms with Gasteiger partial charge in [-0.2, -0.15) is 0 Å². The predicted octanol–water partition coefficient (Wildman–Crippen LogP) is 23.0. The molecule has 10 heteroatoms. The van der Waals surface area contributed by atoms with Gasteiger partial charge in [-0.3, -0.25) is 18.6 Å². The first kappa shape index (κ1) is 78.0. The summed E-state index contributed by atoms with van der Waals surface area (Å²) < 4.78 is 33.2. The second kappa shape index (κ2) is 66.2. The van der Waals surface area contributed by atoms with Gasteiger partial charge in [0, 0.05) is 19.4 Å². The number of carbonyl (C=O) groups is 2. The monoisotopic (exact) mass is 1140 g/mol. The van der Waals surface area contributed by atoms with Crippen molar-refractivity contribution in [1.29, 1.82) is 0 Å². The summed E-state index contributed by atoms with van der Waals surface area (Å²) in [5, 5.41) is 0. The standard InChI is InChI=1S/C69H138NO8P/c1-3-5-7-9-11-13-15-17-19-21-23-25-27-29-31-33-34-36-38-40-42-44-46-48-50-52-54-56-58-60-62-69(72)78-67(66-77-79(73,74)76-64-63-70)65-75-68(71)61-59-57-55-53-51-49-47-45-43-41-39-37-35-32-30-28-26-24-22-20-18-16-14-12-10-8-6-4-2/h67H,3-66,70H2,1-2H3,(H,73,74). The van der Waals surface area contributed by atoms with Crippen LogP contribution in [0.4, 0.5) is 0 Å². The molecular formula is C69H138NO8P. The van der Waals surface area contributed by atoms with E-state index in [1.165, 1.54) is 334 Å². The summed E-state index contributed by atoms with van der Waals surface area (Å²) >= 11 is 0. The van der Waals surface area contributed by atoms with E-state index in [9.17, 15) is 19.0 Å². The van der Waals surface area contributed by atoms with Gasteiger partial charge in [-0.15, -0.1) is 0 Å². The third-order valence-electron chi connectivity index (χ3n) is 16.5. The first-order valence-corrected chi connectivity index (χ1v) is 37.0. The Morgan fingerprint density at radius 1 is 0.329 bits per heavy atom. The fraction of sp³-hybridized carbons (Fsp3) is 0.971. The molecule has 0 aliphatic carbocycles. The third kappa shape index (κ3) is 66.0. The lowest BCUT2D eigenvalue weighted by atomic mass is 10.0. The van der Waals surface area contributed by atoms with Gasteiger partial charge >= 0.3 is 19.8 Å². The van der Waals surface area contributed by atoms with Crippen LogP contribution in [0.3, 0.4) is 0 Å². The molecule has 472 valence electrons. The van der Waals surface area contributed by atoms with Crippen molar-refractivity contribution in [2.45, 2.75) is 405 Å². The number of carbonyl (C=O) groups excluding carboxylic acids is 2. The van der Waals surface area contributed by atoms with E-state index in [0.29, 0.717) is 12.8 Å². The summed E-state index contributed by atoms with van der Waals surface area (Å²) in [7, 11) is -4.39. The molecule has 0 amide bonds. The smallest absolute Gasteiger partial charge is 0.462 e. The van der Waals surface area contributed by atoms with E-state index in [2.05, 4.69) is 13.8 Å². The van der Waals surface area contributed by atoms with Crippen LogP contribution in [0.2, 0.25) is 0 Å². The van der Waals surface area contributed by atoms with Gasteiger partial charge in [0.1, 0.15) is 6.61 Å². The maximum absolute atomic E-state index is 12.8. The molecule has 0 aromatic rings. The molecule has 79 heavy (non-hydrogen) atoms. The van der Waals surface area contributed by atoms with Crippen molar-refractivity contribution in [2.24, 2.45) is 5.73 Å². The van der Waals surface area contributed by atoms with Gasteiger partial charge in [0.2, 0.25) is 0 Å². The zero-order valence-corrected chi connectivity index (χ0v) is 54.1. The number of esters is 2. The number of phosphoric ester groups is 1. The van der Waals surface area contributed by atoms with Gasteiger partial charge in [-0.05, 0) is 12.8 Å². The highest BCUT2D eigenvalue weighted by molar-refractivity contribution is 7.47. The third-order valence-corrected chi connectivity index (χ3v) is 17.5. The summed E-state index contributed by atoms with van der Waals surface area (Å²) in [5.41, 5.74) is 5.40. The lowest BCUT2D eigenvalue weighted by Gasteiger charge is -2.19. The molecule has 0 fully saturated rings. The highest BCUT2D eigenvalue weighted by Gasteiger charge is 2.26. The van der Waals surface area contributed by atoms with Crippen LogP contribution < -0.4 is 5.73 Å². The quantitative estimate of drug-likeness (QED) is 0.0347. The SMILES string of the molecule is CCCCCCCCCCCCCCCCCCCCCCCCCCCCCCCCC(=O)OC(COC(=O)CCCCCCCCCCCCCCCCCCCCCCCCCCCCCC)COP(=O)(O)OCCN. The molecule has 0 radical (unpaired) electrons. The number of nitrogens with two attached hydrogens (primary N) is 1. The highest BCUT2D eigenvalue weighted by Crippen LogP contribution is 2.43. The van der Waals surface area contributed by atoms with E-state index in [0.717, 1.165) is 32.1 Å². The Labute approximate surface area is 492 Å². The van der Waals surface area contributed by atoms with Crippen LogP contribution in [-0.2, 0) is 32.7 Å². The van der Waals surface area contributed by atoms with Gasteiger partial charge < -0.3 is 20.1 Å². The first-order chi connectivity index (χ1) is 38.8. The van der Waals surface area contributed by atoms with Gasteiger partial charge in [-0.25, -0.2) is 4.57 Å². The van der Waals surface area contributed by atoms with Crippen LogP contribution in [0.15, 0.2) is 0 Å². The summed E-state index contributed by atoms with van der Waals surface area (Å²) in [6.45, 7) is 3.85. The van der Waals surface area contributed by atoms with Crippen LogP contribution >= 0.6 is 7.82 Å². The second-order valence-corrected chi connectivity index (χ2v) is 25.9. The van der Waals surface area contributed by atoms with E-state index in [1.807, 2.05) is 0 Å². The topological polar surface area (TPSA) is 134 Å². The molecule has 0 saturated heterocycles. The lowest BCUT2D eigenvalue weighted by Crippen LogP contribution is -2.29. The molecule has 0 aliphatic rings. The minimum Gasteiger partial charge on any atom is -0.462 e. The van der Waals surface area contributed by atoms with Crippen LogP contribution in [0.25, 0.3) is 0 Å². The average Bonchev–Trinajstić information content (AvgIpc) is 3.44. The number of rotatable bonds is 69. The van der Waals surface area contributed by atoms with E-state index < -0.39 is 26.5 Å². The zero-order valence-electron chi connectivity index (χ0n) is 53.2. The maximum Gasteiger partial charge on any atom is 0.472 e. The molecule has 0 spiro atoms. The van der Waals surface area contributed by atoms with Crippen LogP contribution in [-0.4, -0.2) is 49.3 Å². The van der Waals surface area contributed by atoms with E-state index in [4.69, 9.17) is 24.3 Å². The Bertz CT molecular complexity index is 1250. The number of hydrogen-bond donors (Lipinski definition) is 2. The molecule has 0 heterocycles. The molecule has 0 rings (SSSR count). The molecule has 0 bridgehead atoms. The van der Waals surface area contributed by atoms with Crippen molar-refractivity contribution in [3.05, 3.63) is 0 Å². The van der Waals surface area contributed by atoms with E-state index in [1.54, 1.807) is 0 Å². The van der Waals surface area contributed by atoms with Crippen molar-refractivity contribution in [1.82, 2.24) is 0 Å². The van der Waals surface area contributed by atoms with E-state index >= 15 is 0 Å². The number of hydrogen-bond acceptors (Lipinski definition) is 8. The molecule has 2 unspecified atom stereocenters. The van der Waals surface area contributed by atoms with Gasteiger partial charge in [0.15, 0.2) is 6.10 Å². The van der Waals surface area contributed by atoms with Crippen molar-refractivity contribution in [2.75, 3.05) is 26.4 Å². The number of ether oxygens (including phenoxy) is 2. The normalized spacial score (nSPS) is 12.8. The van der Waals surface area contributed by atoms with Crippen LogP contribution in [0, 0.1) is 0 Å². The molecule has 0 aromatic carbocycles.